The predicted octanol–water partition coefficient (Wildman–Crippen LogP) is 2.24. The van der Waals surface area contributed by atoms with Gasteiger partial charge in [0.15, 0.2) is 5.69 Å². The topological polar surface area (TPSA) is 63.1 Å². The number of halogens is 1. The van der Waals surface area contributed by atoms with Crippen LogP contribution in [-0.2, 0) is 0 Å². The molecule has 2 aromatic rings. The molecule has 1 amide bonds. The first-order valence-electron chi connectivity index (χ1n) is 8.81. The quantitative estimate of drug-likeness (QED) is 0.872. The van der Waals surface area contributed by atoms with Crippen LogP contribution in [0.4, 0.5) is 4.39 Å². The molecule has 1 atom stereocenters. The number of amides is 1. The van der Waals surface area contributed by atoms with Gasteiger partial charge < -0.3 is 10.2 Å². The molecule has 1 aromatic carbocycles. The van der Waals surface area contributed by atoms with Crippen molar-refractivity contribution in [3.63, 3.8) is 0 Å². The highest BCUT2D eigenvalue weighted by Gasteiger charge is 2.15. The van der Waals surface area contributed by atoms with Crippen molar-refractivity contribution in [1.29, 1.82) is 0 Å². The largest absolute Gasteiger partial charge is 0.349 e. The maximum Gasteiger partial charge on any atom is 0.273 e. The Morgan fingerprint density at radius 3 is 2.68 bits per heavy atom. The summed E-state index contributed by atoms with van der Waals surface area (Å²) in [7, 11) is 0. The molecule has 1 N–H and O–H groups in total. The van der Waals surface area contributed by atoms with E-state index in [0.29, 0.717) is 12.2 Å². The smallest absolute Gasteiger partial charge is 0.273 e. The van der Waals surface area contributed by atoms with Crippen molar-refractivity contribution in [2.45, 2.75) is 32.2 Å². The van der Waals surface area contributed by atoms with E-state index < -0.39 is 0 Å². The number of hydrogen-bond donors (Lipinski definition) is 1. The number of aromatic nitrogens is 3. The average Bonchev–Trinajstić information content (AvgIpc) is 3.13. The lowest BCUT2D eigenvalue weighted by atomic mass is 10.1. The molecule has 0 bridgehead atoms. The molecular weight excluding hydrogens is 321 g/mol. The Kier molecular flexibility index (Phi) is 5.75. The van der Waals surface area contributed by atoms with Crippen LogP contribution in [0.2, 0.25) is 0 Å². The minimum absolute atomic E-state index is 0.122. The monoisotopic (exact) mass is 345 g/mol. The fraction of sp³-hybridized carbons (Fsp3) is 0.500. The summed E-state index contributed by atoms with van der Waals surface area (Å²) in [6, 6.07) is 6.12. The normalized spacial score (nSPS) is 16.6. The number of hydrogen-bond acceptors (Lipinski definition) is 4. The van der Waals surface area contributed by atoms with Gasteiger partial charge in [0.1, 0.15) is 5.82 Å². The van der Waals surface area contributed by atoms with E-state index in [1.807, 2.05) is 6.92 Å². The number of piperidine rings is 1. The van der Waals surface area contributed by atoms with Crippen LogP contribution in [0.3, 0.4) is 0 Å². The summed E-state index contributed by atoms with van der Waals surface area (Å²) < 4.78 is 14.6. The number of nitrogens with one attached hydrogen (secondary N) is 1. The first kappa shape index (κ1) is 17.5. The fourth-order valence-corrected chi connectivity index (χ4v) is 3.07. The van der Waals surface area contributed by atoms with E-state index in [1.54, 1.807) is 23.0 Å². The van der Waals surface area contributed by atoms with E-state index in [-0.39, 0.29) is 17.8 Å². The summed E-state index contributed by atoms with van der Waals surface area (Å²) in [5.74, 6) is -0.488. The minimum Gasteiger partial charge on any atom is -0.349 e. The zero-order valence-electron chi connectivity index (χ0n) is 14.5. The number of likely N-dealkylation sites (tertiary alicyclic amines) is 1. The molecule has 1 aliphatic heterocycles. The number of nitrogens with zero attached hydrogens (tertiary/aromatic N) is 4. The van der Waals surface area contributed by atoms with Crippen molar-refractivity contribution in [3.05, 3.63) is 47.5 Å². The Hall–Kier alpha value is -2.28. The number of rotatable bonds is 6. The molecule has 0 saturated carbocycles. The molecule has 1 fully saturated rings. The molecular formula is C18H24FN5O. The lowest BCUT2D eigenvalue weighted by Gasteiger charge is -2.26. The SMILES string of the molecule is C[C@@H](c1ccc(F)cc1)n1cc(C(=O)NCCN2CCCCC2)nn1. The van der Waals surface area contributed by atoms with Crippen molar-refractivity contribution in [2.24, 2.45) is 0 Å². The van der Waals surface area contributed by atoms with Gasteiger partial charge in [-0.05, 0) is 50.6 Å². The Balaban J connectivity index is 1.53. The molecule has 0 unspecified atom stereocenters. The van der Waals surface area contributed by atoms with Crippen LogP contribution in [-0.4, -0.2) is 52.0 Å². The van der Waals surface area contributed by atoms with E-state index in [4.69, 9.17) is 0 Å². The van der Waals surface area contributed by atoms with Gasteiger partial charge in [-0.15, -0.1) is 5.10 Å². The van der Waals surface area contributed by atoms with Crippen molar-refractivity contribution in [2.75, 3.05) is 26.2 Å². The molecule has 25 heavy (non-hydrogen) atoms. The summed E-state index contributed by atoms with van der Waals surface area (Å²) >= 11 is 0. The molecule has 7 heteroatoms. The lowest BCUT2D eigenvalue weighted by Crippen LogP contribution is -2.37. The second-order valence-corrected chi connectivity index (χ2v) is 6.47. The third-order valence-corrected chi connectivity index (χ3v) is 4.65. The third-order valence-electron chi connectivity index (χ3n) is 4.65. The molecule has 134 valence electrons. The first-order chi connectivity index (χ1) is 12.1. The molecule has 2 heterocycles. The van der Waals surface area contributed by atoms with Crippen molar-refractivity contribution in [1.82, 2.24) is 25.2 Å². The molecule has 3 rings (SSSR count). The van der Waals surface area contributed by atoms with Gasteiger partial charge in [0.2, 0.25) is 0 Å². The molecule has 1 aromatic heterocycles. The summed E-state index contributed by atoms with van der Waals surface area (Å²) in [4.78, 5) is 14.6. The average molecular weight is 345 g/mol. The molecule has 0 aliphatic carbocycles. The predicted molar refractivity (Wildman–Crippen MR) is 92.9 cm³/mol. The van der Waals surface area contributed by atoms with E-state index in [9.17, 15) is 9.18 Å². The van der Waals surface area contributed by atoms with Gasteiger partial charge in [-0.25, -0.2) is 9.07 Å². The van der Waals surface area contributed by atoms with Crippen molar-refractivity contribution < 1.29 is 9.18 Å². The van der Waals surface area contributed by atoms with Crippen molar-refractivity contribution in [3.8, 4) is 0 Å². The van der Waals surface area contributed by atoms with Gasteiger partial charge in [-0.2, -0.15) is 0 Å². The van der Waals surface area contributed by atoms with Crippen LogP contribution in [0, 0.1) is 5.82 Å². The Morgan fingerprint density at radius 2 is 1.96 bits per heavy atom. The zero-order chi connectivity index (χ0) is 17.6. The van der Waals surface area contributed by atoms with Crippen LogP contribution in [0.25, 0.3) is 0 Å². The van der Waals surface area contributed by atoms with Crippen molar-refractivity contribution >= 4 is 5.91 Å². The van der Waals surface area contributed by atoms with Gasteiger partial charge in [0.05, 0.1) is 12.2 Å². The number of carbonyl (C=O) groups excluding carboxylic acids is 1. The second-order valence-electron chi connectivity index (χ2n) is 6.47. The molecule has 1 saturated heterocycles. The fourth-order valence-electron chi connectivity index (χ4n) is 3.07. The first-order valence-corrected chi connectivity index (χ1v) is 8.81. The highest BCUT2D eigenvalue weighted by Crippen LogP contribution is 2.17. The maximum atomic E-state index is 13.0. The van der Waals surface area contributed by atoms with E-state index in [2.05, 4.69) is 20.5 Å². The van der Waals surface area contributed by atoms with Crippen LogP contribution in [0.15, 0.2) is 30.5 Å². The molecule has 0 spiro atoms. The van der Waals surface area contributed by atoms with Gasteiger partial charge in [0, 0.05) is 13.1 Å². The second kappa shape index (κ2) is 8.20. The standard InChI is InChI=1S/C18H24FN5O/c1-14(15-5-7-16(19)8-6-15)24-13-17(21-22-24)18(25)20-9-12-23-10-3-2-4-11-23/h5-8,13-14H,2-4,9-12H2,1H3,(H,20,25)/t14-/m0/s1. The van der Waals surface area contributed by atoms with Gasteiger partial charge >= 0.3 is 0 Å². The zero-order valence-corrected chi connectivity index (χ0v) is 14.5. The van der Waals surface area contributed by atoms with Gasteiger partial charge in [0.25, 0.3) is 5.91 Å². The summed E-state index contributed by atoms with van der Waals surface area (Å²) in [5.41, 5.74) is 1.20. The van der Waals surface area contributed by atoms with Crippen LogP contribution >= 0.6 is 0 Å². The Morgan fingerprint density at radius 1 is 1.24 bits per heavy atom. The minimum atomic E-state index is -0.275. The molecule has 6 nitrogen and oxygen atoms in total. The highest BCUT2D eigenvalue weighted by molar-refractivity contribution is 5.91. The molecule has 0 radical (unpaired) electrons. The lowest BCUT2D eigenvalue weighted by molar-refractivity contribution is 0.0941. The van der Waals surface area contributed by atoms with Crippen LogP contribution in [0.5, 0.6) is 0 Å². The summed E-state index contributed by atoms with van der Waals surface area (Å²) in [6.07, 6.45) is 5.41. The number of carbonyl (C=O) groups is 1. The summed E-state index contributed by atoms with van der Waals surface area (Å²) in [5, 5.41) is 10.9. The van der Waals surface area contributed by atoms with E-state index >= 15 is 0 Å². The number of benzene rings is 1. The highest BCUT2D eigenvalue weighted by atomic mass is 19.1. The van der Waals surface area contributed by atoms with Gasteiger partial charge in [-0.3, -0.25) is 4.79 Å². The maximum absolute atomic E-state index is 13.0. The van der Waals surface area contributed by atoms with E-state index in [1.165, 1.54) is 31.4 Å². The summed E-state index contributed by atoms with van der Waals surface area (Å²) in [6.45, 7) is 5.63. The van der Waals surface area contributed by atoms with Crippen LogP contribution < -0.4 is 5.32 Å². The molecule has 1 aliphatic rings. The third kappa shape index (κ3) is 4.63. The van der Waals surface area contributed by atoms with Gasteiger partial charge in [-0.1, -0.05) is 23.8 Å². The van der Waals surface area contributed by atoms with Crippen LogP contribution in [0.1, 0.15) is 48.3 Å². The Bertz CT molecular complexity index is 694. The Labute approximate surface area is 147 Å². The van der Waals surface area contributed by atoms with E-state index in [0.717, 1.165) is 25.2 Å².